The summed E-state index contributed by atoms with van der Waals surface area (Å²) in [7, 11) is 1.78. The first-order chi connectivity index (χ1) is 10.1. The monoisotopic (exact) mass is 284 g/mol. The molecule has 1 atom stereocenters. The molecule has 1 amide bonds. The molecule has 1 aromatic heterocycles. The molecule has 2 aromatic rings. The van der Waals surface area contributed by atoms with Gasteiger partial charge in [0, 0.05) is 24.8 Å². The maximum Gasteiger partial charge on any atom is 0.270 e. The van der Waals surface area contributed by atoms with E-state index in [2.05, 4.69) is 4.57 Å². The molecule has 1 aromatic carbocycles. The molecule has 0 bridgehead atoms. The van der Waals surface area contributed by atoms with E-state index in [-0.39, 0.29) is 17.7 Å². The topological polar surface area (TPSA) is 45.5 Å². The van der Waals surface area contributed by atoms with Crippen LogP contribution in [0.15, 0.2) is 42.6 Å². The number of para-hydroxylation sites is 1. The number of phenolic OH excluding ortho intramolecular Hbond substituents is 1. The molecule has 1 aliphatic rings. The molecule has 3 rings (SSSR count). The van der Waals surface area contributed by atoms with E-state index in [9.17, 15) is 9.90 Å². The van der Waals surface area contributed by atoms with Gasteiger partial charge >= 0.3 is 0 Å². The van der Waals surface area contributed by atoms with Gasteiger partial charge in [0.05, 0.1) is 6.04 Å². The zero-order valence-corrected chi connectivity index (χ0v) is 12.4. The van der Waals surface area contributed by atoms with Crippen molar-refractivity contribution in [1.29, 1.82) is 0 Å². The summed E-state index contributed by atoms with van der Waals surface area (Å²) in [5, 5.41) is 9.95. The Balaban J connectivity index is 1.84. The summed E-state index contributed by atoms with van der Waals surface area (Å²) < 4.78 is 2.07. The SMILES string of the molecule is CC(c1ccccc1O)N(C)C(=O)c1cccn1C1CC1. The van der Waals surface area contributed by atoms with Crippen molar-refractivity contribution in [2.75, 3.05) is 7.05 Å². The molecule has 4 nitrogen and oxygen atoms in total. The molecule has 1 unspecified atom stereocenters. The van der Waals surface area contributed by atoms with E-state index in [4.69, 9.17) is 0 Å². The highest BCUT2D eigenvalue weighted by Crippen LogP contribution is 2.36. The Bertz CT molecular complexity index is 658. The lowest BCUT2D eigenvalue weighted by Gasteiger charge is -2.26. The van der Waals surface area contributed by atoms with Crippen LogP contribution >= 0.6 is 0 Å². The molecule has 4 heteroatoms. The minimum atomic E-state index is -0.179. The number of aromatic hydroxyl groups is 1. The highest BCUT2D eigenvalue weighted by molar-refractivity contribution is 5.93. The van der Waals surface area contributed by atoms with Gasteiger partial charge in [-0.15, -0.1) is 0 Å². The van der Waals surface area contributed by atoms with Gasteiger partial charge in [-0.3, -0.25) is 4.79 Å². The lowest BCUT2D eigenvalue weighted by molar-refractivity contribution is 0.0730. The second kappa shape index (κ2) is 5.28. The molecule has 1 aliphatic carbocycles. The van der Waals surface area contributed by atoms with E-state index in [1.54, 1.807) is 24.1 Å². The van der Waals surface area contributed by atoms with E-state index in [1.807, 2.05) is 37.4 Å². The Morgan fingerprint density at radius 3 is 2.67 bits per heavy atom. The number of benzene rings is 1. The highest BCUT2D eigenvalue weighted by Gasteiger charge is 2.29. The summed E-state index contributed by atoms with van der Waals surface area (Å²) in [4.78, 5) is 14.4. The standard InChI is InChI=1S/C17H20N2O2/c1-12(14-6-3-4-8-16(14)20)18(2)17(21)15-7-5-11-19(15)13-9-10-13/h3-8,11-13,20H,9-10H2,1-2H3. The predicted molar refractivity (Wildman–Crippen MR) is 81.3 cm³/mol. The van der Waals surface area contributed by atoms with Gasteiger partial charge in [-0.25, -0.2) is 0 Å². The first-order valence-electron chi connectivity index (χ1n) is 7.31. The van der Waals surface area contributed by atoms with Gasteiger partial charge in [0.1, 0.15) is 11.4 Å². The minimum absolute atomic E-state index is 0.0114. The van der Waals surface area contributed by atoms with E-state index < -0.39 is 0 Å². The molecule has 0 spiro atoms. The van der Waals surface area contributed by atoms with Crippen LogP contribution in [-0.2, 0) is 0 Å². The summed E-state index contributed by atoms with van der Waals surface area (Å²) in [5.41, 5.74) is 1.49. The second-order valence-electron chi connectivity index (χ2n) is 5.68. The van der Waals surface area contributed by atoms with Crippen LogP contribution in [0.5, 0.6) is 5.75 Å². The smallest absolute Gasteiger partial charge is 0.270 e. The maximum atomic E-state index is 12.7. The van der Waals surface area contributed by atoms with Crippen LogP contribution in [0.4, 0.5) is 0 Å². The fraction of sp³-hybridized carbons (Fsp3) is 0.353. The quantitative estimate of drug-likeness (QED) is 0.935. The Kier molecular flexibility index (Phi) is 3.45. The van der Waals surface area contributed by atoms with Gasteiger partial charge in [0.15, 0.2) is 0 Å². The number of aromatic nitrogens is 1. The van der Waals surface area contributed by atoms with Crippen molar-refractivity contribution in [3.8, 4) is 5.75 Å². The Morgan fingerprint density at radius 2 is 2.00 bits per heavy atom. The van der Waals surface area contributed by atoms with Crippen molar-refractivity contribution in [2.24, 2.45) is 0 Å². The molecular formula is C17H20N2O2. The molecule has 110 valence electrons. The summed E-state index contributed by atoms with van der Waals surface area (Å²) in [5.74, 6) is 0.213. The van der Waals surface area contributed by atoms with Crippen LogP contribution in [-0.4, -0.2) is 27.5 Å². The molecule has 0 aliphatic heterocycles. The number of phenols is 1. The van der Waals surface area contributed by atoms with Gasteiger partial charge in [0.25, 0.3) is 5.91 Å². The molecule has 21 heavy (non-hydrogen) atoms. The maximum absolute atomic E-state index is 12.7. The summed E-state index contributed by atoms with van der Waals surface area (Å²) in [6, 6.07) is 11.2. The predicted octanol–water partition coefficient (Wildman–Crippen LogP) is 3.36. The Labute approximate surface area is 124 Å². The van der Waals surface area contributed by atoms with Crippen LogP contribution in [0.2, 0.25) is 0 Å². The zero-order valence-electron chi connectivity index (χ0n) is 12.4. The fourth-order valence-electron chi connectivity index (χ4n) is 2.65. The third-order valence-electron chi connectivity index (χ3n) is 4.23. The molecule has 1 N–H and O–H groups in total. The number of hydrogen-bond donors (Lipinski definition) is 1. The normalized spacial score (nSPS) is 15.7. The third-order valence-corrected chi connectivity index (χ3v) is 4.23. The van der Waals surface area contributed by atoms with Crippen LogP contribution in [0.1, 0.15) is 47.9 Å². The van der Waals surface area contributed by atoms with Crippen molar-refractivity contribution < 1.29 is 9.90 Å². The third kappa shape index (κ3) is 2.53. The zero-order chi connectivity index (χ0) is 15.0. The van der Waals surface area contributed by atoms with Crippen LogP contribution < -0.4 is 0 Å². The van der Waals surface area contributed by atoms with Gasteiger partial charge < -0.3 is 14.6 Å². The average molecular weight is 284 g/mol. The number of rotatable bonds is 4. The number of carbonyl (C=O) groups excluding carboxylic acids is 1. The number of carbonyl (C=O) groups is 1. The largest absolute Gasteiger partial charge is 0.508 e. The van der Waals surface area contributed by atoms with Gasteiger partial charge in [-0.1, -0.05) is 18.2 Å². The van der Waals surface area contributed by atoms with E-state index in [1.165, 1.54) is 0 Å². The van der Waals surface area contributed by atoms with Gasteiger partial charge in [0.2, 0.25) is 0 Å². The second-order valence-corrected chi connectivity index (χ2v) is 5.68. The highest BCUT2D eigenvalue weighted by atomic mass is 16.3. The molecular weight excluding hydrogens is 264 g/mol. The van der Waals surface area contributed by atoms with Crippen molar-refractivity contribution in [3.63, 3.8) is 0 Å². The first-order valence-corrected chi connectivity index (χ1v) is 7.31. The van der Waals surface area contributed by atoms with Gasteiger partial charge in [-0.2, -0.15) is 0 Å². The van der Waals surface area contributed by atoms with Crippen LogP contribution in [0.3, 0.4) is 0 Å². The number of nitrogens with zero attached hydrogens (tertiary/aromatic N) is 2. The summed E-state index contributed by atoms with van der Waals surface area (Å²) >= 11 is 0. The van der Waals surface area contributed by atoms with Gasteiger partial charge in [-0.05, 0) is 38.0 Å². The van der Waals surface area contributed by atoms with Crippen molar-refractivity contribution in [1.82, 2.24) is 9.47 Å². The molecule has 0 radical (unpaired) electrons. The van der Waals surface area contributed by atoms with E-state index in [0.29, 0.717) is 6.04 Å². The van der Waals surface area contributed by atoms with Crippen LogP contribution in [0.25, 0.3) is 0 Å². The Hall–Kier alpha value is -2.23. The molecule has 1 fully saturated rings. The van der Waals surface area contributed by atoms with Crippen molar-refractivity contribution >= 4 is 5.91 Å². The Morgan fingerprint density at radius 1 is 1.29 bits per heavy atom. The van der Waals surface area contributed by atoms with Crippen molar-refractivity contribution in [3.05, 3.63) is 53.9 Å². The van der Waals surface area contributed by atoms with E-state index in [0.717, 1.165) is 24.1 Å². The molecule has 1 saturated carbocycles. The van der Waals surface area contributed by atoms with Crippen molar-refractivity contribution in [2.45, 2.75) is 31.8 Å². The van der Waals surface area contributed by atoms with Crippen LogP contribution in [0, 0.1) is 0 Å². The lowest BCUT2D eigenvalue weighted by atomic mass is 10.1. The first kappa shape index (κ1) is 13.7. The lowest BCUT2D eigenvalue weighted by Crippen LogP contribution is -2.31. The molecule has 1 heterocycles. The average Bonchev–Trinajstić information content (AvgIpc) is 3.22. The summed E-state index contributed by atoms with van der Waals surface area (Å²) in [6.07, 6.45) is 4.27. The number of hydrogen-bond acceptors (Lipinski definition) is 2. The minimum Gasteiger partial charge on any atom is -0.508 e. The number of amides is 1. The van der Waals surface area contributed by atoms with E-state index >= 15 is 0 Å². The fourth-order valence-corrected chi connectivity index (χ4v) is 2.65. The summed E-state index contributed by atoms with van der Waals surface area (Å²) in [6.45, 7) is 1.93. The molecule has 0 saturated heterocycles.